The Morgan fingerprint density at radius 1 is 1.08 bits per heavy atom. The van der Waals surface area contributed by atoms with Crippen LogP contribution in [-0.2, 0) is 6.42 Å². The maximum absolute atomic E-state index is 12.9. The molecule has 0 saturated carbocycles. The molecule has 8 heteroatoms. The lowest BCUT2D eigenvalue weighted by Crippen LogP contribution is -2.47. The lowest BCUT2D eigenvalue weighted by atomic mass is 9.88. The van der Waals surface area contributed by atoms with Crippen molar-refractivity contribution in [2.45, 2.75) is 70.0 Å². The number of H-pyrrole nitrogens is 1. The van der Waals surface area contributed by atoms with Gasteiger partial charge in [0.2, 0.25) is 0 Å². The predicted molar refractivity (Wildman–Crippen MR) is 144 cm³/mol. The molecule has 2 saturated heterocycles. The minimum absolute atomic E-state index is 0.256. The van der Waals surface area contributed by atoms with Gasteiger partial charge >= 0.3 is 5.69 Å². The molecule has 2 aromatic heterocycles. The molecule has 6 rings (SSSR count). The quantitative estimate of drug-likeness (QED) is 0.496. The van der Waals surface area contributed by atoms with Crippen LogP contribution in [0.1, 0.15) is 62.7 Å². The van der Waals surface area contributed by atoms with Crippen LogP contribution in [-0.4, -0.2) is 63.5 Å². The highest BCUT2D eigenvalue weighted by molar-refractivity contribution is 5.81. The molecule has 2 atom stereocenters. The van der Waals surface area contributed by atoms with E-state index >= 15 is 0 Å². The van der Waals surface area contributed by atoms with Crippen LogP contribution in [0.4, 0.5) is 0 Å². The fourth-order valence-electron chi connectivity index (χ4n) is 6.30. The van der Waals surface area contributed by atoms with Gasteiger partial charge in [0.05, 0.1) is 17.6 Å². The summed E-state index contributed by atoms with van der Waals surface area (Å²) in [6.45, 7) is 6.20. The van der Waals surface area contributed by atoms with Gasteiger partial charge in [-0.2, -0.15) is 4.98 Å². The fraction of sp³-hybridized carbons (Fsp3) is 0.536. The second-order valence-corrected chi connectivity index (χ2v) is 10.5. The molecule has 36 heavy (non-hydrogen) atoms. The summed E-state index contributed by atoms with van der Waals surface area (Å²) in [5.74, 6) is 1.17. The van der Waals surface area contributed by atoms with Crippen LogP contribution < -0.4 is 16.3 Å². The molecule has 190 valence electrons. The Balaban J connectivity index is 1.18. The first-order chi connectivity index (χ1) is 17.7. The van der Waals surface area contributed by atoms with E-state index in [0.29, 0.717) is 23.8 Å². The van der Waals surface area contributed by atoms with Crippen molar-refractivity contribution in [3.63, 3.8) is 0 Å². The van der Waals surface area contributed by atoms with E-state index in [9.17, 15) is 4.79 Å². The van der Waals surface area contributed by atoms with Gasteiger partial charge in [-0.05, 0) is 82.3 Å². The highest BCUT2D eigenvalue weighted by Gasteiger charge is 2.33. The molecule has 5 heterocycles. The molecule has 8 nitrogen and oxygen atoms in total. The third-order valence-electron chi connectivity index (χ3n) is 8.21. The average Bonchev–Trinajstić information content (AvgIpc) is 3.30. The van der Waals surface area contributed by atoms with E-state index in [0.717, 1.165) is 62.2 Å². The van der Waals surface area contributed by atoms with E-state index in [1.165, 1.54) is 37.1 Å². The van der Waals surface area contributed by atoms with E-state index in [1.807, 2.05) is 6.20 Å². The Morgan fingerprint density at radius 3 is 2.75 bits per heavy atom. The number of nitrogens with one attached hydrogen (secondary N) is 3. The van der Waals surface area contributed by atoms with Crippen LogP contribution in [0.25, 0.3) is 16.7 Å². The zero-order valence-corrected chi connectivity index (χ0v) is 21.2. The second-order valence-electron chi connectivity index (χ2n) is 10.5. The average molecular weight is 488 g/mol. The van der Waals surface area contributed by atoms with Gasteiger partial charge in [-0.15, -0.1) is 0 Å². The van der Waals surface area contributed by atoms with E-state index in [1.54, 1.807) is 4.57 Å². The molecule has 3 aliphatic heterocycles. The highest BCUT2D eigenvalue weighted by atomic mass is 16.1. The molecule has 2 fully saturated rings. The standard InChI is InChI=1S/C28H37N7O/c1-19-30-16-12-25-3-2-4-26(35(19)25)20-5-7-24(8-6-20)34-18-21-17-23(32-27(21)33-28(34)36)11-15-31-22-9-13-29-14-10-22/h5-8,17-18,22,25-26,29,31H,2-4,9-16H2,1H3,(H,32,33,36)/t25-,26-/m0/s1. The largest absolute Gasteiger partial charge is 0.354 e. The summed E-state index contributed by atoms with van der Waals surface area (Å²) in [6.07, 6.45) is 9.98. The molecular formula is C28H37N7O. The first-order valence-corrected chi connectivity index (χ1v) is 13.6. The summed E-state index contributed by atoms with van der Waals surface area (Å²) in [5, 5.41) is 8.02. The lowest BCUT2D eigenvalue weighted by molar-refractivity contribution is 0.150. The Labute approximate surface area is 212 Å². The minimum atomic E-state index is -0.256. The van der Waals surface area contributed by atoms with Crippen LogP contribution in [0.2, 0.25) is 0 Å². The van der Waals surface area contributed by atoms with Crippen molar-refractivity contribution < 1.29 is 0 Å². The number of benzene rings is 1. The molecular weight excluding hydrogens is 450 g/mol. The van der Waals surface area contributed by atoms with Gasteiger partial charge in [-0.3, -0.25) is 9.56 Å². The van der Waals surface area contributed by atoms with Crippen molar-refractivity contribution in [1.82, 2.24) is 30.1 Å². The summed E-state index contributed by atoms with van der Waals surface area (Å²) in [5.41, 5.74) is 3.67. The number of aromatic nitrogens is 3. The molecule has 0 aliphatic carbocycles. The van der Waals surface area contributed by atoms with Gasteiger partial charge in [0.1, 0.15) is 5.65 Å². The Hall–Kier alpha value is -2.97. The van der Waals surface area contributed by atoms with Crippen LogP contribution >= 0.6 is 0 Å². The number of fused-ring (bicyclic) bond motifs is 2. The van der Waals surface area contributed by atoms with E-state index in [4.69, 9.17) is 4.99 Å². The van der Waals surface area contributed by atoms with Crippen LogP contribution in [0.15, 0.2) is 46.3 Å². The molecule has 0 spiro atoms. The maximum atomic E-state index is 12.9. The number of aliphatic imine (C=N–C) groups is 1. The summed E-state index contributed by atoms with van der Waals surface area (Å²) in [4.78, 5) is 27.8. The topological polar surface area (TPSA) is 90.3 Å². The number of hydrogen-bond acceptors (Lipinski definition) is 6. The number of piperidine rings is 2. The first kappa shape index (κ1) is 23.4. The molecule has 1 aromatic carbocycles. The van der Waals surface area contributed by atoms with Gasteiger partial charge in [-0.1, -0.05) is 12.1 Å². The Kier molecular flexibility index (Phi) is 6.63. The van der Waals surface area contributed by atoms with Crippen molar-refractivity contribution in [2.75, 3.05) is 26.2 Å². The molecule has 0 unspecified atom stereocenters. The van der Waals surface area contributed by atoms with Crippen LogP contribution in [0.3, 0.4) is 0 Å². The smallest absolute Gasteiger partial charge is 0.351 e. The molecule has 3 aliphatic rings. The Bertz CT molecular complexity index is 1290. The molecule has 0 radical (unpaired) electrons. The van der Waals surface area contributed by atoms with Gasteiger partial charge < -0.3 is 20.5 Å². The summed E-state index contributed by atoms with van der Waals surface area (Å²) < 4.78 is 1.66. The van der Waals surface area contributed by atoms with Crippen LogP contribution in [0, 0.1) is 0 Å². The maximum Gasteiger partial charge on any atom is 0.354 e. The molecule has 0 bridgehead atoms. The zero-order chi connectivity index (χ0) is 24.5. The molecule has 0 amide bonds. The number of rotatable bonds is 6. The Morgan fingerprint density at radius 2 is 1.92 bits per heavy atom. The first-order valence-electron chi connectivity index (χ1n) is 13.6. The van der Waals surface area contributed by atoms with Gasteiger partial charge in [0, 0.05) is 48.9 Å². The van der Waals surface area contributed by atoms with E-state index in [-0.39, 0.29) is 5.69 Å². The zero-order valence-electron chi connectivity index (χ0n) is 21.2. The van der Waals surface area contributed by atoms with E-state index < -0.39 is 0 Å². The number of hydrogen-bond donors (Lipinski definition) is 3. The summed E-state index contributed by atoms with van der Waals surface area (Å²) >= 11 is 0. The SMILES string of the molecule is CC1=NCC[C@@H]2CCC[C@@H](c3ccc(-n4cc5cc(CCNC6CCNCC6)[nH]c5nc4=O)cc3)N12. The van der Waals surface area contributed by atoms with Gasteiger partial charge in [0.25, 0.3) is 0 Å². The highest BCUT2D eigenvalue weighted by Crippen LogP contribution is 2.37. The monoisotopic (exact) mass is 487 g/mol. The normalized spacial score (nSPS) is 23.0. The third kappa shape index (κ3) is 4.72. The van der Waals surface area contributed by atoms with Crippen LogP contribution in [0.5, 0.6) is 0 Å². The number of nitrogens with zero attached hydrogens (tertiary/aromatic N) is 4. The third-order valence-corrected chi connectivity index (χ3v) is 8.21. The molecule has 3 aromatic rings. The van der Waals surface area contributed by atoms with E-state index in [2.05, 4.69) is 62.8 Å². The number of amidine groups is 1. The van der Waals surface area contributed by atoms with Crippen molar-refractivity contribution in [3.05, 3.63) is 58.3 Å². The summed E-state index contributed by atoms with van der Waals surface area (Å²) in [7, 11) is 0. The van der Waals surface area contributed by atoms with Crippen molar-refractivity contribution in [3.8, 4) is 5.69 Å². The fourth-order valence-corrected chi connectivity index (χ4v) is 6.30. The minimum Gasteiger partial charge on any atom is -0.351 e. The number of aromatic amines is 1. The lowest BCUT2D eigenvalue weighted by Gasteiger charge is -2.46. The molecule has 3 N–H and O–H groups in total. The van der Waals surface area contributed by atoms with Crippen molar-refractivity contribution in [1.29, 1.82) is 0 Å². The second kappa shape index (κ2) is 10.2. The predicted octanol–water partition coefficient (Wildman–Crippen LogP) is 3.32. The van der Waals surface area contributed by atoms with Gasteiger partial charge in [0.15, 0.2) is 0 Å². The summed E-state index contributed by atoms with van der Waals surface area (Å²) in [6, 6.07) is 12.2. The van der Waals surface area contributed by atoms with Crippen molar-refractivity contribution >= 4 is 16.9 Å². The van der Waals surface area contributed by atoms with Gasteiger partial charge in [-0.25, -0.2) is 4.79 Å². The van der Waals surface area contributed by atoms with Crippen molar-refractivity contribution in [2.24, 2.45) is 4.99 Å².